The van der Waals surface area contributed by atoms with Gasteiger partial charge in [-0.1, -0.05) is 25.1 Å². The maximum absolute atomic E-state index is 11.5. The largest absolute Gasteiger partial charge is 0.310 e. The van der Waals surface area contributed by atoms with E-state index in [2.05, 4.69) is 29.8 Å². The molecule has 0 aliphatic rings. The van der Waals surface area contributed by atoms with Crippen LogP contribution in [0.3, 0.4) is 0 Å². The molecule has 0 bridgehead atoms. The molecule has 3 nitrogen and oxygen atoms in total. The summed E-state index contributed by atoms with van der Waals surface area (Å²) in [6, 6.07) is 11.6. The van der Waals surface area contributed by atoms with Crippen molar-refractivity contribution in [2.24, 2.45) is 0 Å². The van der Waals surface area contributed by atoms with Gasteiger partial charge in [-0.25, -0.2) is 8.42 Å². The van der Waals surface area contributed by atoms with Gasteiger partial charge in [-0.05, 0) is 35.7 Å². The number of thiophene rings is 1. The molecule has 2 aromatic rings. The second kappa shape index (κ2) is 6.52. The highest BCUT2D eigenvalue weighted by atomic mass is 32.2. The number of nitrogens with one attached hydrogen (secondary N) is 1. The molecule has 5 heteroatoms. The second-order valence-corrected chi connectivity index (χ2v) is 7.78. The highest BCUT2D eigenvalue weighted by molar-refractivity contribution is 7.90. The van der Waals surface area contributed by atoms with Crippen molar-refractivity contribution in [1.29, 1.82) is 0 Å². The predicted octanol–water partition coefficient (Wildman–Crippen LogP) is 3.04. The highest BCUT2D eigenvalue weighted by Crippen LogP contribution is 2.22. The molecule has 0 fully saturated rings. The van der Waals surface area contributed by atoms with E-state index >= 15 is 0 Å². The maximum atomic E-state index is 11.5. The Labute approximate surface area is 124 Å². The van der Waals surface area contributed by atoms with E-state index in [9.17, 15) is 8.42 Å². The molecule has 1 heterocycles. The Morgan fingerprint density at radius 1 is 1.20 bits per heavy atom. The number of likely N-dealkylation sites (N-methyl/N-ethyl adjacent to an activating group) is 1. The fraction of sp³-hybridized carbons (Fsp3) is 0.333. The summed E-state index contributed by atoms with van der Waals surface area (Å²) >= 11 is 1.74. The fourth-order valence-electron chi connectivity index (χ4n) is 2.13. The van der Waals surface area contributed by atoms with Gasteiger partial charge in [-0.3, -0.25) is 0 Å². The molecule has 20 heavy (non-hydrogen) atoms. The van der Waals surface area contributed by atoms with E-state index in [1.54, 1.807) is 23.5 Å². The Morgan fingerprint density at radius 3 is 2.40 bits per heavy atom. The lowest BCUT2D eigenvalue weighted by molar-refractivity contribution is 0.553. The third kappa shape index (κ3) is 3.91. The number of hydrogen-bond acceptors (Lipinski definition) is 4. The average molecular weight is 309 g/mol. The maximum Gasteiger partial charge on any atom is 0.175 e. The molecule has 2 rings (SSSR count). The molecule has 0 spiro atoms. The first-order valence-electron chi connectivity index (χ1n) is 6.56. The Bertz CT molecular complexity index is 631. The summed E-state index contributed by atoms with van der Waals surface area (Å²) in [4.78, 5) is 1.69. The van der Waals surface area contributed by atoms with Crippen LogP contribution in [0.15, 0.2) is 46.7 Å². The van der Waals surface area contributed by atoms with Crippen LogP contribution in [0.5, 0.6) is 0 Å². The van der Waals surface area contributed by atoms with E-state index in [-0.39, 0.29) is 6.04 Å². The summed E-state index contributed by atoms with van der Waals surface area (Å²) in [5, 5.41) is 5.53. The fourth-order valence-corrected chi connectivity index (χ4v) is 3.51. The summed E-state index contributed by atoms with van der Waals surface area (Å²) in [6.07, 6.45) is 2.15. The molecule has 0 amide bonds. The van der Waals surface area contributed by atoms with Gasteiger partial charge in [0.2, 0.25) is 0 Å². The second-order valence-electron chi connectivity index (χ2n) is 4.73. The van der Waals surface area contributed by atoms with Crippen LogP contribution in [0.25, 0.3) is 0 Å². The van der Waals surface area contributed by atoms with Gasteiger partial charge >= 0.3 is 0 Å². The molecular formula is C15H19NO2S2. The number of sulfone groups is 1. The standard InChI is InChI=1S/C15H19NO2S2/c1-3-16-15(11-13-5-4-10-19-13)12-6-8-14(9-7-12)20(2,17)18/h4-10,15-16H,3,11H2,1-2H3. The van der Waals surface area contributed by atoms with Crippen molar-refractivity contribution in [2.75, 3.05) is 12.8 Å². The van der Waals surface area contributed by atoms with Gasteiger partial charge in [0.1, 0.15) is 0 Å². The molecule has 1 unspecified atom stereocenters. The van der Waals surface area contributed by atoms with Crippen molar-refractivity contribution in [3.05, 3.63) is 52.2 Å². The lowest BCUT2D eigenvalue weighted by atomic mass is 10.0. The van der Waals surface area contributed by atoms with Crippen LogP contribution in [0.1, 0.15) is 23.4 Å². The number of benzene rings is 1. The first-order valence-corrected chi connectivity index (χ1v) is 9.33. The highest BCUT2D eigenvalue weighted by Gasteiger charge is 2.13. The minimum Gasteiger partial charge on any atom is -0.310 e. The molecule has 0 aliphatic heterocycles. The van der Waals surface area contributed by atoms with Crippen LogP contribution in [0.2, 0.25) is 0 Å². The minimum atomic E-state index is -3.13. The van der Waals surface area contributed by atoms with E-state index in [1.165, 1.54) is 11.1 Å². The van der Waals surface area contributed by atoms with Gasteiger partial charge in [0.25, 0.3) is 0 Å². The zero-order chi connectivity index (χ0) is 14.6. The monoisotopic (exact) mass is 309 g/mol. The summed E-state index contributed by atoms with van der Waals surface area (Å²) in [5.41, 5.74) is 1.12. The van der Waals surface area contributed by atoms with Crippen LogP contribution >= 0.6 is 11.3 Å². The Kier molecular flexibility index (Phi) is 4.96. The molecule has 0 saturated carbocycles. The van der Waals surface area contributed by atoms with Crippen LogP contribution in [0, 0.1) is 0 Å². The van der Waals surface area contributed by atoms with Crippen LogP contribution in [-0.2, 0) is 16.3 Å². The van der Waals surface area contributed by atoms with Gasteiger partial charge < -0.3 is 5.32 Å². The van der Waals surface area contributed by atoms with Gasteiger partial charge in [-0.2, -0.15) is 0 Å². The first kappa shape index (κ1) is 15.2. The van der Waals surface area contributed by atoms with Gasteiger partial charge in [0, 0.05) is 23.6 Å². The lowest BCUT2D eigenvalue weighted by Crippen LogP contribution is -2.22. The van der Waals surface area contributed by atoms with E-state index in [0.29, 0.717) is 4.90 Å². The van der Waals surface area contributed by atoms with Crippen LogP contribution in [-0.4, -0.2) is 21.2 Å². The molecule has 108 valence electrons. The zero-order valence-corrected chi connectivity index (χ0v) is 13.3. The molecule has 1 N–H and O–H groups in total. The summed E-state index contributed by atoms with van der Waals surface area (Å²) in [5.74, 6) is 0. The van der Waals surface area contributed by atoms with E-state index in [0.717, 1.165) is 18.5 Å². The van der Waals surface area contributed by atoms with Crippen molar-refractivity contribution in [3.63, 3.8) is 0 Å². The first-order chi connectivity index (χ1) is 9.50. The molecule has 0 aliphatic carbocycles. The predicted molar refractivity (Wildman–Crippen MR) is 84.0 cm³/mol. The molecule has 0 radical (unpaired) electrons. The Balaban J connectivity index is 2.21. The van der Waals surface area contributed by atoms with E-state index in [1.807, 2.05) is 12.1 Å². The van der Waals surface area contributed by atoms with Gasteiger partial charge in [0.15, 0.2) is 9.84 Å². The van der Waals surface area contributed by atoms with Crippen LogP contribution < -0.4 is 5.32 Å². The SMILES string of the molecule is CCNC(Cc1cccs1)c1ccc(S(C)(=O)=O)cc1. The Morgan fingerprint density at radius 2 is 1.90 bits per heavy atom. The van der Waals surface area contributed by atoms with Crippen molar-refractivity contribution in [3.8, 4) is 0 Å². The third-order valence-corrected chi connectivity index (χ3v) is 5.17. The van der Waals surface area contributed by atoms with Gasteiger partial charge in [0.05, 0.1) is 4.90 Å². The molecule has 1 aromatic carbocycles. The lowest BCUT2D eigenvalue weighted by Gasteiger charge is -2.18. The Hall–Kier alpha value is -1.17. The minimum absolute atomic E-state index is 0.215. The summed E-state index contributed by atoms with van der Waals surface area (Å²) < 4.78 is 23.0. The van der Waals surface area contributed by atoms with Crippen molar-refractivity contribution >= 4 is 21.2 Å². The van der Waals surface area contributed by atoms with Crippen molar-refractivity contribution in [2.45, 2.75) is 24.3 Å². The number of hydrogen-bond donors (Lipinski definition) is 1. The van der Waals surface area contributed by atoms with Crippen molar-refractivity contribution < 1.29 is 8.42 Å². The molecule has 0 saturated heterocycles. The molecule has 1 aromatic heterocycles. The topological polar surface area (TPSA) is 46.2 Å². The number of rotatable bonds is 6. The zero-order valence-electron chi connectivity index (χ0n) is 11.7. The smallest absolute Gasteiger partial charge is 0.175 e. The summed E-state index contributed by atoms with van der Waals surface area (Å²) in [6.45, 7) is 2.95. The third-order valence-electron chi connectivity index (χ3n) is 3.15. The van der Waals surface area contributed by atoms with Crippen LogP contribution in [0.4, 0.5) is 0 Å². The average Bonchev–Trinajstić information content (AvgIpc) is 2.90. The quantitative estimate of drug-likeness (QED) is 0.892. The van der Waals surface area contributed by atoms with E-state index in [4.69, 9.17) is 0 Å². The molecular weight excluding hydrogens is 290 g/mol. The van der Waals surface area contributed by atoms with E-state index < -0.39 is 9.84 Å². The van der Waals surface area contributed by atoms with Crippen molar-refractivity contribution in [1.82, 2.24) is 5.32 Å². The summed E-state index contributed by atoms with van der Waals surface area (Å²) in [7, 11) is -3.13. The van der Waals surface area contributed by atoms with Gasteiger partial charge in [-0.15, -0.1) is 11.3 Å². The molecule has 1 atom stereocenters. The normalized spacial score (nSPS) is 13.3.